The van der Waals surface area contributed by atoms with Crippen molar-refractivity contribution in [2.75, 3.05) is 0 Å². The van der Waals surface area contributed by atoms with Gasteiger partial charge in [0, 0.05) is 10.0 Å². The van der Waals surface area contributed by atoms with E-state index in [4.69, 9.17) is 14.2 Å². The minimum atomic E-state index is -0.806. The van der Waals surface area contributed by atoms with E-state index in [1.165, 1.54) is 6.21 Å². The Hall–Kier alpha value is -4.43. The van der Waals surface area contributed by atoms with Gasteiger partial charge in [-0.25, -0.2) is 10.2 Å². The number of carbonyl (C=O) groups is 2. The van der Waals surface area contributed by atoms with Crippen molar-refractivity contribution in [2.24, 2.45) is 5.10 Å². The van der Waals surface area contributed by atoms with E-state index in [0.29, 0.717) is 35.0 Å². The van der Waals surface area contributed by atoms with Gasteiger partial charge in [-0.3, -0.25) is 4.79 Å². The van der Waals surface area contributed by atoms with Gasteiger partial charge in [-0.2, -0.15) is 5.10 Å². The minimum Gasteiger partial charge on any atom is -0.489 e. The number of hydrogen-bond donors (Lipinski definition) is 1. The standard InChI is InChI=1S/C31H27BrN2O5/c1-21-8-10-24(11-9-21)31(36)39-29-17-12-26(32)18-25(29)19-33-34-30(35)22(2)38-28-15-13-27(14-16-28)37-20-23-6-4-3-5-7-23/h3-19,22H,20H2,1-2H3,(H,34,35)/b33-19-/t22-/m1/s1. The highest BCUT2D eigenvalue weighted by Crippen LogP contribution is 2.23. The Morgan fingerprint density at radius 3 is 2.33 bits per heavy atom. The molecule has 1 atom stereocenters. The molecule has 0 aliphatic rings. The molecule has 0 spiro atoms. The molecule has 7 nitrogen and oxygen atoms in total. The maximum Gasteiger partial charge on any atom is 0.343 e. The summed E-state index contributed by atoms with van der Waals surface area (Å²) in [5.41, 5.74) is 5.52. The third-order valence-corrected chi connectivity index (χ3v) is 6.09. The molecule has 0 aliphatic carbocycles. The lowest BCUT2D eigenvalue weighted by Gasteiger charge is -2.14. The lowest BCUT2D eigenvalue weighted by Crippen LogP contribution is -2.33. The van der Waals surface area contributed by atoms with Crippen molar-refractivity contribution in [1.29, 1.82) is 0 Å². The Morgan fingerprint density at radius 2 is 1.62 bits per heavy atom. The van der Waals surface area contributed by atoms with Crippen molar-refractivity contribution < 1.29 is 23.8 Å². The fourth-order valence-corrected chi connectivity index (χ4v) is 3.81. The van der Waals surface area contributed by atoms with Crippen LogP contribution in [-0.2, 0) is 11.4 Å². The van der Waals surface area contributed by atoms with Gasteiger partial charge in [0.2, 0.25) is 0 Å². The number of esters is 1. The molecular weight excluding hydrogens is 560 g/mol. The second kappa shape index (κ2) is 13.4. The Bertz CT molecular complexity index is 1440. The first-order valence-electron chi connectivity index (χ1n) is 12.2. The van der Waals surface area contributed by atoms with Crippen LogP contribution >= 0.6 is 15.9 Å². The number of amides is 1. The third-order valence-electron chi connectivity index (χ3n) is 5.59. The van der Waals surface area contributed by atoms with Crippen molar-refractivity contribution in [2.45, 2.75) is 26.6 Å². The summed E-state index contributed by atoms with van der Waals surface area (Å²) < 4.78 is 17.8. The minimum absolute atomic E-state index is 0.306. The Balaban J connectivity index is 1.31. The van der Waals surface area contributed by atoms with Crippen molar-refractivity contribution in [1.82, 2.24) is 5.43 Å². The number of rotatable bonds is 10. The van der Waals surface area contributed by atoms with E-state index in [0.717, 1.165) is 15.6 Å². The first kappa shape index (κ1) is 27.6. The van der Waals surface area contributed by atoms with Crippen LogP contribution in [0.2, 0.25) is 0 Å². The Kier molecular flexibility index (Phi) is 9.48. The van der Waals surface area contributed by atoms with E-state index in [1.807, 2.05) is 49.4 Å². The average molecular weight is 587 g/mol. The number of halogens is 1. The van der Waals surface area contributed by atoms with Crippen molar-refractivity contribution >= 4 is 34.0 Å². The van der Waals surface area contributed by atoms with Crippen LogP contribution in [0, 0.1) is 6.92 Å². The summed E-state index contributed by atoms with van der Waals surface area (Å²) in [6.45, 7) is 4.03. The molecule has 1 N–H and O–H groups in total. The fourth-order valence-electron chi connectivity index (χ4n) is 3.43. The van der Waals surface area contributed by atoms with Gasteiger partial charge >= 0.3 is 5.97 Å². The van der Waals surface area contributed by atoms with Crippen LogP contribution in [0.5, 0.6) is 17.2 Å². The molecule has 8 heteroatoms. The van der Waals surface area contributed by atoms with E-state index in [2.05, 4.69) is 26.5 Å². The van der Waals surface area contributed by atoms with Crippen LogP contribution in [-0.4, -0.2) is 24.2 Å². The van der Waals surface area contributed by atoms with Gasteiger partial charge in [0.25, 0.3) is 5.91 Å². The number of hydrazone groups is 1. The zero-order valence-electron chi connectivity index (χ0n) is 21.5. The number of nitrogens with zero attached hydrogens (tertiary/aromatic N) is 1. The third kappa shape index (κ3) is 8.28. The van der Waals surface area contributed by atoms with E-state index in [-0.39, 0.29) is 0 Å². The number of benzene rings is 4. The summed E-state index contributed by atoms with van der Waals surface area (Å²) in [5, 5.41) is 4.03. The van der Waals surface area contributed by atoms with Gasteiger partial charge in [-0.05, 0) is 74.0 Å². The molecule has 4 aromatic rings. The van der Waals surface area contributed by atoms with Gasteiger partial charge in [0.05, 0.1) is 11.8 Å². The summed E-state index contributed by atoms with van der Waals surface area (Å²) >= 11 is 3.40. The molecule has 4 rings (SSSR count). The molecule has 0 aromatic heterocycles. The van der Waals surface area contributed by atoms with E-state index in [1.54, 1.807) is 61.5 Å². The maximum absolute atomic E-state index is 12.6. The molecular formula is C31H27BrN2O5. The largest absolute Gasteiger partial charge is 0.489 e. The summed E-state index contributed by atoms with van der Waals surface area (Å²) in [7, 11) is 0. The normalized spacial score (nSPS) is 11.6. The summed E-state index contributed by atoms with van der Waals surface area (Å²) in [6, 6.07) is 29.2. The predicted octanol–water partition coefficient (Wildman–Crippen LogP) is 6.47. The summed E-state index contributed by atoms with van der Waals surface area (Å²) in [5.74, 6) is 0.589. The SMILES string of the molecule is Cc1ccc(C(=O)Oc2ccc(Br)cc2/C=N\NC(=O)[C@@H](C)Oc2ccc(OCc3ccccc3)cc2)cc1. The second-order valence-corrected chi connectivity index (χ2v) is 9.59. The number of ether oxygens (including phenoxy) is 3. The Morgan fingerprint density at radius 1 is 0.923 bits per heavy atom. The van der Waals surface area contributed by atoms with E-state index >= 15 is 0 Å². The molecule has 0 saturated carbocycles. The van der Waals surface area contributed by atoms with Crippen molar-refractivity contribution in [3.63, 3.8) is 0 Å². The summed E-state index contributed by atoms with van der Waals surface area (Å²) in [6.07, 6.45) is 0.603. The monoisotopic (exact) mass is 586 g/mol. The zero-order valence-corrected chi connectivity index (χ0v) is 23.1. The number of aryl methyl sites for hydroxylation is 1. The molecule has 4 aromatic carbocycles. The van der Waals surface area contributed by atoms with E-state index in [9.17, 15) is 9.59 Å². The highest BCUT2D eigenvalue weighted by molar-refractivity contribution is 9.10. The van der Waals surface area contributed by atoms with Crippen molar-refractivity contribution in [3.05, 3.63) is 124 Å². The van der Waals surface area contributed by atoms with Gasteiger partial charge in [-0.15, -0.1) is 0 Å². The fraction of sp³-hybridized carbons (Fsp3) is 0.129. The molecule has 0 saturated heterocycles. The molecule has 0 radical (unpaired) electrons. The van der Waals surface area contributed by atoms with E-state index < -0.39 is 18.0 Å². The Labute approximate surface area is 235 Å². The molecule has 0 bridgehead atoms. The van der Waals surface area contributed by atoms with Crippen LogP contribution in [0.1, 0.15) is 34.0 Å². The highest BCUT2D eigenvalue weighted by Gasteiger charge is 2.15. The molecule has 198 valence electrons. The zero-order chi connectivity index (χ0) is 27.6. The molecule has 1 amide bonds. The quantitative estimate of drug-likeness (QED) is 0.0995. The van der Waals surface area contributed by atoms with Gasteiger partial charge < -0.3 is 14.2 Å². The lowest BCUT2D eigenvalue weighted by molar-refractivity contribution is -0.127. The first-order valence-corrected chi connectivity index (χ1v) is 13.0. The predicted molar refractivity (Wildman–Crippen MR) is 153 cm³/mol. The first-order chi connectivity index (χ1) is 18.9. The smallest absolute Gasteiger partial charge is 0.343 e. The molecule has 39 heavy (non-hydrogen) atoms. The van der Waals surface area contributed by atoms with Crippen LogP contribution in [0.15, 0.2) is 107 Å². The van der Waals surface area contributed by atoms with Crippen molar-refractivity contribution in [3.8, 4) is 17.2 Å². The van der Waals surface area contributed by atoms with Gasteiger partial charge in [-0.1, -0.05) is 64.0 Å². The van der Waals surface area contributed by atoms with Crippen LogP contribution < -0.4 is 19.6 Å². The summed E-state index contributed by atoms with van der Waals surface area (Å²) in [4.78, 5) is 25.1. The van der Waals surface area contributed by atoms with Crippen LogP contribution in [0.3, 0.4) is 0 Å². The number of nitrogens with one attached hydrogen (secondary N) is 1. The molecule has 0 unspecified atom stereocenters. The second-order valence-electron chi connectivity index (χ2n) is 8.68. The molecule has 0 fully saturated rings. The molecule has 0 aliphatic heterocycles. The van der Waals surface area contributed by atoms with Crippen LogP contribution in [0.4, 0.5) is 0 Å². The van der Waals surface area contributed by atoms with Crippen LogP contribution in [0.25, 0.3) is 0 Å². The highest BCUT2D eigenvalue weighted by atomic mass is 79.9. The van der Waals surface area contributed by atoms with Gasteiger partial charge in [0.15, 0.2) is 6.10 Å². The maximum atomic E-state index is 12.6. The average Bonchev–Trinajstić information content (AvgIpc) is 2.95. The number of hydrogen-bond acceptors (Lipinski definition) is 6. The topological polar surface area (TPSA) is 86.2 Å². The van der Waals surface area contributed by atoms with Gasteiger partial charge in [0.1, 0.15) is 23.9 Å². The number of carbonyl (C=O) groups excluding carboxylic acids is 2. The lowest BCUT2D eigenvalue weighted by atomic mass is 10.1. The molecule has 0 heterocycles.